The fourth-order valence-electron chi connectivity index (χ4n) is 2.14. The van der Waals surface area contributed by atoms with Gasteiger partial charge in [0.15, 0.2) is 0 Å². The lowest BCUT2D eigenvalue weighted by molar-refractivity contribution is -0.117. The van der Waals surface area contributed by atoms with Crippen molar-refractivity contribution < 1.29 is 18.7 Å². The van der Waals surface area contributed by atoms with Crippen molar-refractivity contribution in [2.24, 2.45) is 11.7 Å². The number of methoxy groups -OCH3 is 1. The molecule has 0 aliphatic carbocycles. The summed E-state index contributed by atoms with van der Waals surface area (Å²) in [5.41, 5.74) is 5.81. The Balaban J connectivity index is 2.27. The van der Waals surface area contributed by atoms with Gasteiger partial charge in [0.05, 0.1) is 18.4 Å². The highest BCUT2D eigenvalue weighted by atomic mass is 19.1. The third-order valence-electron chi connectivity index (χ3n) is 3.20. The standard InChI is InChI=1S/C13H15FN2O3/c1-19-13(18)9-2-3-11(10(14)5-9)16-7-8(6-15)4-12(16)17/h2-3,5,8H,4,6-7,15H2,1H3. The molecule has 1 amide bonds. The summed E-state index contributed by atoms with van der Waals surface area (Å²) in [6.07, 6.45) is 0.328. The van der Waals surface area contributed by atoms with Gasteiger partial charge >= 0.3 is 5.97 Å². The third kappa shape index (κ3) is 2.58. The molecule has 0 radical (unpaired) electrons. The van der Waals surface area contributed by atoms with Gasteiger partial charge in [-0.15, -0.1) is 0 Å². The van der Waals surface area contributed by atoms with Gasteiger partial charge in [-0.05, 0) is 30.7 Å². The number of rotatable bonds is 3. The van der Waals surface area contributed by atoms with Gasteiger partial charge < -0.3 is 15.4 Å². The van der Waals surface area contributed by atoms with Gasteiger partial charge in [-0.1, -0.05) is 0 Å². The summed E-state index contributed by atoms with van der Waals surface area (Å²) in [5, 5.41) is 0. The van der Waals surface area contributed by atoms with E-state index in [2.05, 4.69) is 4.74 Å². The first kappa shape index (κ1) is 13.5. The molecule has 1 aromatic rings. The molecular weight excluding hydrogens is 251 g/mol. The Morgan fingerprint density at radius 2 is 2.32 bits per heavy atom. The molecule has 1 fully saturated rings. The SMILES string of the molecule is COC(=O)c1ccc(N2CC(CN)CC2=O)c(F)c1. The van der Waals surface area contributed by atoms with E-state index in [0.29, 0.717) is 19.5 Å². The van der Waals surface area contributed by atoms with Crippen LogP contribution in [0.5, 0.6) is 0 Å². The first-order valence-corrected chi connectivity index (χ1v) is 5.95. The first-order chi connectivity index (χ1) is 9.06. The predicted molar refractivity (Wildman–Crippen MR) is 67.3 cm³/mol. The van der Waals surface area contributed by atoms with Crippen molar-refractivity contribution in [2.75, 3.05) is 25.1 Å². The molecule has 2 N–H and O–H groups in total. The Labute approximate surface area is 110 Å². The van der Waals surface area contributed by atoms with Crippen LogP contribution >= 0.6 is 0 Å². The minimum Gasteiger partial charge on any atom is -0.465 e. The Bertz CT molecular complexity index is 519. The van der Waals surface area contributed by atoms with Crippen molar-refractivity contribution >= 4 is 17.6 Å². The molecule has 5 nitrogen and oxygen atoms in total. The van der Waals surface area contributed by atoms with Crippen LogP contribution in [-0.4, -0.2) is 32.1 Å². The number of nitrogens with two attached hydrogens (primary N) is 1. The number of esters is 1. The van der Waals surface area contributed by atoms with E-state index in [4.69, 9.17) is 5.73 Å². The molecular formula is C13H15FN2O3. The highest BCUT2D eigenvalue weighted by Crippen LogP contribution is 2.27. The van der Waals surface area contributed by atoms with Crippen molar-refractivity contribution in [2.45, 2.75) is 6.42 Å². The number of carbonyl (C=O) groups excluding carboxylic acids is 2. The summed E-state index contributed by atoms with van der Waals surface area (Å²) in [5.74, 6) is -1.33. The van der Waals surface area contributed by atoms with Crippen molar-refractivity contribution in [1.82, 2.24) is 0 Å². The Morgan fingerprint density at radius 3 is 2.84 bits per heavy atom. The molecule has 1 unspecified atom stereocenters. The van der Waals surface area contributed by atoms with E-state index in [1.807, 2.05) is 0 Å². The summed E-state index contributed by atoms with van der Waals surface area (Å²) < 4.78 is 18.5. The van der Waals surface area contributed by atoms with Gasteiger partial charge in [-0.25, -0.2) is 9.18 Å². The molecule has 1 aromatic carbocycles. The average Bonchev–Trinajstić information content (AvgIpc) is 2.79. The number of nitrogens with zero attached hydrogens (tertiary/aromatic N) is 1. The van der Waals surface area contributed by atoms with Gasteiger partial charge in [-0.2, -0.15) is 0 Å². The van der Waals surface area contributed by atoms with E-state index in [1.165, 1.54) is 24.1 Å². The number of amides is 1. The van der Waals surface area contributed by atoms with Crippen molar-refractivity contribution in [3.05, 3.63) is 29.6 Å². The van der Waals surface area contributed by atoms with Crippen molar-refractivity contribution in [1.29, 1.82) is 0 Å². The van der Waals surface area contributed by atoms with Crippen LogP contribution in [0.1, 0.15) is 16.8 Å². The second kappa shape index (κ2) is 5.36. The van der Waals surface area contributed by atoms with Crippen LogP contribution in [0.4, 0.5) is 10.1 Å². The Hall–Kier alpha value is -1.95. The zero-order valence-corrected chi connectivity index (χ0v) is 10.6. The van der Waals surface area contributed by atoms with Crippen LogP contribution in [0, 0.1) is 11.7 Å². The van der Waals surface area contributed by atoms with Crippen LogP contribution in [0.25, 0.3) is 0 Å². The van der Waals surface area contributed by atoms with Crippen LogP contribution in [0.15, 0.2) is 18.2 Å². The van der Waals surface area contributed by atoms with E-state index < -0.39 is 11.8 Å². The van der Waals surface area contributed by atoms with Gasteiger partial charge in [0.1, 0.15) is 5.82 Å². The maximum absolute atomic E-state index is 14.0. The summed E-state index contributed by atoms with van der Waals surface area (Å²) in [6, 6.07) is 3.93. The maximum Gasteiger partial charge on any atom is 0.337 e. The second-order valence-corrected chi connectivity index (χ2v) is 4.47. The minimum atomic E-state index is -0.617. The molecule has 1 atom stereocenters. The topological polar surface area (TPSA) is 72.6 Å². The molecule has 1 heterocycles. The molecule has 0 saturated carbocycles. The highest BCUT2D eigenvalue weighted by Gasteiger charge is 2.31. The summed E-state index contributed by atoms with van der Waals surface area (Å²) in [7, 11) is 1.23. The summed E-state index contributed by atoms with van der Waals surface area (Å²) in [6.45, 7) is 0.800. The summed E-state index contributed by atoms with van der Waals surface area (Å²) in [4.78, 5) is 24.4. The molecule has 102 valence electrons. The van der Waals surface area contributed by atoms with Crippen molar-refractivity contribution in [3.63, 3.8) is 0 Å². The molecule has 19 heavy (non-hydrogen) atoms. The van der Waals surface area contributed by atoms with E-state index in [-0.39, 0.29) is 23.1 Å². The van der Waals surface area contributed by atoms with Crippen molar-refractivity contribution in [3.8, 4) is 0 Å². The number of carbonyl (C=O) groups is 2. The van der Waals surface area contributed by atoms with Gasteiger partial charge in [0.2, 0.25) is 5.91 Å². The number of anilines is 1. The quantitative estimate of drug-likeness (QED) is 0.826. The minimum absolute atomic E-state index is 0.0483. The van der Waals surface area contributed by atoms with Crippen LogP contribution < -0.4 is 10.6 Å². The van der Waals surface area contributed by atoms with Gasteiger partial charge in [0.25, 0.3) is 0 Å². The third-order valence-corrected chi connectivity index (χ3v) is 3.20. The zero-order chi connectivity index (χ0) is 14.0. The van der Waals surface area contributed by atoms with E-state index in [1.54, 1.807) is 0 Å². The average molecular weight is 266 g/mol. The van der Waals surface area contributed by atoms with Crippen LogP contribution in [0.2, 0.25) is 0 Å². The molecule has 1 aliphatic heterocycles. The molecule has 1 aliphatic rings. The molecule has 2 rings (SSSR count). The predicted octanol–water partition coefficient (Wildman–Crippen LogP) is 0.924. The van der Waals surface area contributed by atoms with Crippen LogP contribution in [-0.2, 0) is 9.53 Å². The first-order valence-electron chi connectivity index (χ1n) is 5.95. The van der Waals surface area contributed by atoms with E-state index in [9.17, 15) is 14.0 Å². The molecule has 1 saturated heterocycles. The largest absolute Gasteiger partial charge is 0.465 e. The molecule has 6 heteroatoms. The fourth-order valence-corrected chi connectivity index (χ4v) is 2.14. The Kier molecular flexibility index (Phi) is 3.80. The van der Waals surface area contributed by atoms with Gasteiger partial charge in [0, 0.05) is 13.0 Å². The normalized spacial score (nSPS) is 18.8. The number of ether oxygens (including phenoxy) is 1. The molecule has 0 bridgehead atoms. The zero-order valence-electron chi connectivity index (χ0n) is 10.6. The molecule has 0 aromatic heterocycles. The number of benzene rings is 1. The van der Waals surface area contributed by atoms with E-state index >= 15 is 0 Å². The van der Waals surface area contributed by atoms with Gasteiger partial charge in [-0.3, -0.25) is 4.79 Å². The summed E-state index contributed by atoms with van der Waals surface area (Å²) >= 11 is 0. The second-order valence-electron chi connectivity index (χ2n) is 4.47. The number of halogens is 1. The smallest absolute Gasteiger partial charge is 0.337 e. The lowest BCUT2D eigenvalue weighted by Crippen LogP contribution is -2.26. The Morgan fingerprint density at radius 1 is 1.58 bits per heavy atom. The monoisotopic (exact) mass is 266 g/mol. The number of hydrogen-bond donors (Lipinski definition) is 1. The van der Waals surface area contributed by atoms with Crippen LogP contribution in [0.3, 0.4) is 0 Å². The highest BCUT2D eigenvalue weighted by molar-refractivity contribution is 5.97. The maximum atomic E-state index is 14.0. The van der Waals surface area contributed by atoms with E-state index in [0.717, 1.165) is 6.07 Å². The lowest BCUT2D eigenvalue weighted by Gasteiger charge is -2.17. The molecule has 0 spiro atoms. The fraction of sp³-hybridized carbons (Fsp3) is 0.385. The number of hydrogen-bond acceptors (Lipinski definition) is 4. The lowest BCUT2D eigenvalue weighted by atomic mass is 10.1.